The molecular weight excluding hydrogens is 304 g/mol. The zero-order valence-electron chi connectivity index (χ0n) is 10.4. The molecular formula is C15H15BrN2O. The molecule has 1 fully saturated rings. The highest BCUT2D eigenvalue weighted by Gasteiger charge is 2.40. The summed E-state index contributed by atoms with van der Waals surface area (Å²) in [5.74, 6) is -0.0776. The maximum Gasteiger partial charge on any atom is 0.244 e. The van der Waals surface area contributed by atoms with Gasteiger partial charge in [-0.15, -0.1) is 0 Å². The fraction of sp³-hybridized carbons (Fsp3) is 0.267. The van der Waals surface area contributed by atoms with Crippen LogP contribution in [0.1, 0.15) is 19.3 Å². The van der Waals surface area contributed by atoms with E-state index in [1.807, 2.05) is 36.4 Å². The lowest BCUT2D eigenvalue weighted by atomic mass is 9.77. The van der Waals surface area contributed by atoms with Crippen LogP contribution < -0.4 is 11.1 Å². The molecule has 3 nitrogen and oxygen atoms in total. The van der Waals surface area contributed by atoms with Gasteiger partial charge in [0.1, 0.15) is 0 Å². The molecule has 4 heteroatoms. The van der Waals surface area contributed by atoms with E-state index < -0.39 is 5.54 Å². The lowest BCUT2D eigenvalue weighted by Gasteiger charge is -2.36. The Labute approximate surface area is 120 Å². The Morgan fingerprint density at radius 3 is 2.47 bits per heavy atom. The number of nitrogens with one attached hydrogen (secondary N) is 1. The van der Waals surface area contributed by atoms with Crippen LogP contribution in [0.2, 0.25) is 0 Å². The molecule has 0 aliphatic heterocycles. The number of hydrogen-bond donors (Lipinski definition) is 2. The Kier molecular flexibility index (Phi) is 3.07. The van der Waals surface area contributed by atoms with Crippen molar-refractivity contribution < 1.29 is 4.79 Å². The molecule has 98 valence electrons. The number of carbonyl (C=O) groups excluding carboxylic acids is 1. The maximum atomic E-state index is 12.2. The van der Waals surface area contributed by atoms with E-state index in [4.69, 9.17) is 5.73 Å². The molecule has 2 aromatic rings. The highest BCUT2D eigenvalue weighted by atomic mass is 79.9. The van der Waals surface area contributed by atoms with E-state index >= 15 is 0 Å². The van der Waals surface area contributed by atoms with Gasteiger partial charge in [0, 0.05) is 15.5 Å². The van der Waals surface area contributed by atoms with Crippen molar-refractivity contribution in [1.82, 2.24) is 0 Å². The first-order valence-corrected chi connectivity index (χ1v) is 7.17. The smallest absolute Gasteiger partial charge is 0.244 e. The summed E-state index contributed by atoms with van der Waals surface area (Å²) < 4.78 is 1.02. The molecule has 3 rings (SSSR count). The summed E-state index contributed by atoms with van der Waals surface area (Å²) in [5.41, 5.74) is 6.19. The van der Waals surface area contributed by atoms with Gasteiger partial charge in [0.05, 0.1) is 5.54 Å². The first-order valence-electron chi connectivity index (χ1n) is 6.38. The molecule has 0 heterocycles. The maximum absolute atomic E-state index is 12.2. The van der Waals surface area contributed by atoms with Crippen molar-refractivity contribution in [2.45, 2.75) is 24.8 Å². The van der Waals surface area contributed by atoms with Crippen LogP contribution in [0.25, 0.3) is 10.8 Å². The number of amides is 1. The van der Waals surface area contributed by atoms with Gasteiger partial charge >= 0.3 is 0 Å². The van der Waals surface area contributed by atoms with E-state index in [-0.39, 0.29) is 5.91 Å². The van der Waals surface area contributed by atoms with Crippen LogP contribution in [0.15, 0.2) is 40.9 Å². The van der Waals surface area contributed by atoms with Crippen LogP contribution in [0.3, 0.4) is 0 Å². The molecule has 3 N–H and O–H groups in total. The van der Waals surface area contributed by atoms with E-state index in [2.05, 4.69) is 21.2 Å². The van der Waals surface area contributed by atoms with Crippen molar-refractivity contribution in [1.29, 1.82) is 0 Å². The number of carbonyl (C=O) groups is 1. The number of halogens is 1. The summed E-state index contributed by atoms with van der Waals surface area (Å²) in [6.45, 7) is 0. The highest BCUT2D eigenvalue weighted by Crippen LogP contribution is 2.33. The van der Waals surface area contributed by atoms with Gasteiger partial charge in [0.15, 0.2) is 0 Å². The van der Waals surface area contributed by atoms with Crippen LogP contribution in [0, 0.1) is 0 Å². The second-order valence-electron chi connectivity index (χ2n) is 5.10. The lowest BCUT2D eigenvalue weighted by molar-refractivity contribution is -0.123. The predicted molar refractivity (Wildman–Crippen MR) is 81.0 cm³/mol. The van der Waals surface area contributed by atoms with Crippen molar-refractivity contribution in [2.75, 3.05) is 5.32 Å². The monoisotopic (exact) mass is 318 g/mol. The van der Waals surface area contributed by atoms with E-state index in [0.29, 0.717) is 0 Å². The molecule has 0 bridgehead atoms. The van der Waals surface area contributed by atoms with Gasteiger partial charge in [0.2, 0.25) is 5.91 Å². The summed E-state index contributed by atoms with van der Waals surface area (Å²) in [4.78, 5) is 12.2. The third-order valence-corrected chi connectivity index (χ3v) is 4.51. The molecule has 0 aromatic heterocycles. The average Bonchev–Trinajstić information content (AvgIpc) is 2.39. The van der Waals surface area contributed by atoms with Crippen LogP contribution in [-0.4, -0.2) is 11.4 Å². The second-order valence-corrected chi connectivity index (χ2v) is 5.96. The van der Waals surface area contributed by atoms with Crippen molar-refractivity contribution in [2.24, 2.45) is 5.73 Å². The quantitative estimate of drug-likeness (QED) is 0.891. The van der Waals surface area contributed by atoms with Crippen molar-refractivity contribution in [3.8, 4) is 0 Å². The molecule has 1 aliphatic rings. The third kappa shape index (κ3) is 2.15. The summed E-state index contributed by atoms with van der Waals surface area (Å²) in [6.07, 6.45) is 2.57. The molecule has 19 heavy (non-hydrogen) atoms. The zero-order chi connectivity index (χ0) is 13.5. The summed E-state index contributed by atoms with van der Waals surface area (Å²) in [5, 5.41) is 5.07. The lowest BCUT2D eigenvalue weighted by Crippen LogP contribution is -2.56. The van der Waals surface area contributed by atoms with Crippen LogP contribution in [0.5, 0.6) is 0 Å². The minimum absolute atomic E-state index is 0.0776. The Morgan fingerprint density at radius 1 is 1.16 bits per heavy atom. The molecule has 2 aromatic carbocycles. The van der Waals surface area contributed by atoms with E-state index in [0.717, 1.165) is 40.2 Å². The van der Waals surface area contributed by atoms with E-state index in [1.54, 1.807) is 0 Å². The second kappa shape index (κ2) is 4.62. The number of anilines is 1. The minimum atomic E-state index is -0.672. The summed E-state index contributed by atoms with van der Waals surface area (Å²) in [7, 11) is 0. The predicted octanol–water partition coefficient (Wildman–Crippen LogP) is 3.42. The van der Waals surface area contributed by atoms with E-state index in [1.165, 1.54) is 0 Å². The van der Waals surface area contributed by atoms with Crippen molar-refractivity contribution >= 4 is 38.3 Å². The van der Waals surface area contributed by atoms with Gasteiger partial charge in [-0.1, -0.05) is 40.2 Å². The molecule has 0 radical (unpaired) electrons. The number of fused-ring (bicyclic) bond motifs is 1. The van der Waals surface area contributed by atoms with Crippen LogP contribution in [0.4, 0.5) is 5.69 Å². The Morgan fingerprint density at radius 2 is 1.84 bits per heavy atom. The average molecular weight is 319 g/mol. The number of hydrogen-bond acceptors (Lipinski definition) is 2. The van der Waals surface area contributed by atoms with Crippen molar-refractivity contribution in [3.05, 3.63) is 40.9 Å². The molecule has 1 saturated carbocycles. The van der Waals surface area contributed by atoms with Gasteiger partial charge in [-0.3, -0.25) is 4.79 Å². The van der Waals surface area contributed by atoms with Crippen LogP contribution in [-0.2, 0) is 4.79 Å². The SMILES string of the molecule is NC1(C(=O)Nc2ccc(Br)c3ccccc23)CCC1. The normalized spacial score (nSPS) is 16.9. The Bertz CT molecular complexity index is 650. The van der Waals surface area contributed by atoms with Gasteiger partial charge in [-0.05, 0) is 36.8 Å². The van der Waals surface area contributed by atoms with Gasteiger partial charge in [-0.25, -0.2) is 0 Å². The molecule has 0 unspecified atom stereocenters. The van der Waals surface area contributed by atoms with Crippen LogP contribution >= 0.6 is 15.9 Å². The largest absolute Gasteiger partial charge is 0.324 e. The number of benzene rings is 2. The molecule has 1 aliphatic carbocycles. The molecule has 0 saturated heterocycles. The molecule has 0 spiro atoms. The van der Waals surface area contributed by atoms with Crippen molar-refractivity contribution in [3.63, 3.8) is 0 Å². The summed E-state index contributed by atoms with van der Waals surface area (Å²) in [6, 6.07) is 11.8. The fourth-order valence-electron chi connectivity index (χ4n) is 2.40. The fourth-order valence-corrected chi connectivity index (χ4v) is 2.88. The Balaban J connectivity index is 1.97. The first kappa shape index (κ1) is 12.6. The highest BCUT2D eigenvalue weighted by molar-refractivity contribution is 9.10. The minimum Gasteiger partial charge on any atom is -0.324 e. The Hall–Kier alpha value is -1.39. The molecule has 1 amide bonds. The van der Waals surface area contributed by atoms with E-state index in [9.17, 15) is 4.79 Å². The zero-order valence-corrected chi connectivity index (χ0v) is 12.0. The first-order chi connectivity index (χ1) is 9.10. The third-order valence-electron chi connectivity index (χ3n) is 3.82. The van der Waals surface area contributed by atoms with Gasteiger partial charge < -0.3 is 11.1 Å². The van der Waals surface area contributed by atoms with Gasteiger partial charge in [0.25, 0.3) is 0 Å². The standard InChI is InChI=1S/C15H15BrN2O/c16-12-6-7-13(11-5-2-1-4-10(11)12)18-14(19)15(17)8-3-9-15/h1-2,4-7H,3,8-9,17H2,(H,18,19). The number of nitrogens with two attached hydrogens (primary N) is 1. The summed E-state index contributed by atoms with van der Waals surface area (Å²) >= 11 is 3.52. The van der Waals surface area contributed by atoms with Gasteiger partial charge in [-0.2, -0.15) is 0 Å². The topological polar surface area (TPSA) is 55.1 Å². The molecule has 0 atom stereocenters. The number of rotatable bonds is 2.